The Hall–Kier alpha value is -1.05. The average Bonchev–Trinajstić information content (AvgIpc) is 2.26. The molecule has 2 nitrogen and oxygen atoms in total. The summed E-state index contributed by atoms with van der Waals surface area (Å²) in [6.45, 7) is 11.3. The van der Waals surface area contributed by atoms with Crippen molar-refractivity contribution in [1.29, 1.82) is 0 Å². The SMILES string of the molecule is C=C1CC[C@H]2C(C)(C)CCC[C@]2(C)[C@H]1/C=C\C(=O)O. The predicted octanol–water partition coefficient (Wildman–Crippen LogP) is 4.43. The van der Waals surface area contributed by atoms with Crippen LogP contribution in [0.3, 0.4) is 0 Å². The first-order valence-electron chi connectivity index (χ1n) is 7.36. The molecule has 2 aliphatic rings. The molecule has 2 heteroatoms. The second-order valence-corrected chi connectivity index (χ2v) is 7.27. The van der Waals surface area contributed by atoms with E-state index in [0.29, 0.717) is 11.3 Å². The van der Waals surface area contributed by atoms with Gasteiger partial charge in [0, 0.05) is 12.0 Å². The fourth-order valence-corrected chi connectivity index (χ4v) is 4.74. The number of carboxylic acid groups (broad SMARTS) is 1. The van der Waals surface area contributed by atoms with Crippen LogP contribution in [-0.4, -0.2) is 11.1 Å². The van der Waals surface area contributed by atoms with Gasteiger partial charge >= 0.3 is 5.97 Å². The van der Waals surface area contributed by atoms with Crippen LogP contribution in [0.1, 0.15) is 52.9 Å². The van der Waals surface area contributed by atoms with E-state index < -0.39 is 5.97 Å². The van der Waals surface area contributed by atoms with E-state index >= 15 is 0 Å². The first-order chi connectivity index (χ1) is 8.77. The van der Waals surface area contributed by atoms with Gasteiger partial charge in [0.05, 0.1) is 0 Å². The highest BCUT2D eigenvalue weighted by molar-refractivity contribution is 5.79. The maximum absolute atomic E-state index is 10.8. The minimum atomic E-state index is -0.853. The normalized spacial score (nSPS) is 38.2. The third-order valence-corrected chi connectivity index (χ3v) is 5.61. The third kappa shape index (κ3) is 2.50. The summed E-state index contributed by atoms with van der Waals surface area (Å²) in [6, 6.07) is 0. The van der Waals surface area contributed by atoms with Crippen molar-refractivity contribution in [3.63, 3.8) is 0 Å². The Labute approximate surface area is 116 Å². The molecule has 2 fully saturated rings. The van der Waals surface area contributed by atoms with E-state index in [0.717, 1.165) is 6.42 Å². The van der Waals surface area contributed by atoms with E-state index in [9.17, 15) is 4.79 Å². The van der Waals surface area contributed by atoms with E-state index in [1.165, 1.54) is 37.3 Å². The maximum atomic E-state index is 10.8. The van der Waals surface area contributed by atoms with E-state index in [-0.39, 0.29) is 11.3 Å². The van der Waals surface area contributed by atoms with Crippen LogP contribution in [0.5, 0.6) is 0 Å². The minimum absolute atomic E-state index is 0.184. The summed E-state index contributed by atoms with van der Waals surface area (Å²) in [6.07, 6.45) is 9.16. The predicted molar refractivity (Wildman–Crippen MR) is 77.9 cm³/mol. The molecular formula is C17H26O2. The van der Waals surface area contributed by atoms with Gasteiger partial charge in [-0.1, -0.05) is 45.4 Å². The first-order valence-corrected chi connectivity index (χ1v) is 7.36. The van der Waals surface area contributed by atoms with E-state index in [1.807, 2.05) is 6.08 Å². The summed E-state index contributed by atoms with van der Waals surface area (Å²) in [5.74, 6) is 0.0400. The highest BCUT2D eigenvalue weighted by atomic mass is 16.4. The Morgan fingerprint density at radius 1 is 1.37 bits per heavy atom. The van der Waals surface area contributed by atoms with Crippen LogP contribution in [0, 0.1) is 22.7 Å². The number of rotatable bonds is 2. The van der Waals surface area contributed by atoms with E-state index in [1.54, 1.807) is 0 Å². The molecular weight excluding hydrogens is 236 g/mol. The van der Waals surface area contributed by atoms with Crippen LogP contribution < -0.4 is 0 Å². The summed E-state index contributed by atoms with van der Waals surface area (Å²) < 4.78 is 0. The molecule has 0 unspecified atom stereocenters. The van der Waals surface area contributed by atoms with Crippen molar-refractivity contribution in [2.45, 2.75) is 52.9 Å². The fraction of sp³-hybridized carbons (Fsp3) is 0.706. The molecule has 3 atom stereocenters. The summed E-state index contributed by atoms with van der Waals surface area (Å²) in [5.41, 5.74) is 1.76. The van der Waals surface area contributed by atoms with Crippen molar-refractivity contribution in [2.75, 3.05) is 0 Å². The van der Waals surface area contributed by atoms with Gasteiger partial charge in [0.1, 0.15) is 0 Å². The molecule has 106 valence electrons. The summed E-state index contributed by atoms with van der Waals surface area (Å²) in [4.78, 5) is 10.8. The molecule has 0 saturated heterocycles. The van der Waals surface area contributed by atoms with Crippen LogP contribution in [0.25, 0.3) is 0 Å². The quantitative estimate of drug-likeness (QED) is 0.590. The molecule has 0 amide bonds. The molecule has 1 N–H and O–H groups in total. The third-order valence-electron chi connectivity index (χ3n) is 5.61. The van der Waals surface area contributed by atoms with Crippen LogP contribution >= 0.6 is 0 Å². The number of carboxylic acids is 1. The number of allylic oxidation sites excluding steroid dienone is 2. The van der Waals surface area contributed by atoms with Crippen LogP contribution in [-0.2, 0) is 4.79 Å². The average molecular weight is 262 g/mol. The molecule has 0 aliphatic heterocycles. The molecule has 19 heavy (non-hydrogen) atoms. The Bertz CT molecular complexity index is 419. The van der Waals surface area contributed by atoms with Crippen LogP contribution in [0.15, 0.2) is 24.3 Å². The lowest BCUT2D eigenvalue weighted by Crippen LogP contribution is -2.48. The largest absolute Gasteiger partial charge is 0.478 e. The van der Waals surface area contributed by atoms with Gasteiger partial charge in [-0.25, -0.2) is 4.79 Å². The second-order valence-electron chi connectivity index (χ2n) is 7.27. The number of hydrogen-bond donors (Lipinski definition) is 1. The Balaban J connectivity index is 2.35. The van der Waals surface area contributed by atoms with Crippen molar-refractivity contribution in [3.05, 3.63) is 24.3 Å². The lowest BCUT2D eigenvalue weighted by molar-refractivity contribution is -0.131. The zero-order valence-electron chi connectivity index (χ0n) is 12.4. The van der Waals surface area contributed by atoms with Gasteiger partial charge in [-0.15, -0.1) is 0 Å². The standard InChI is InChI=1S/C17H26O2/c1-12-6-8-14-16(2,3)10-5-11-17(14,4)13(12)7-9-15(18)19/h7,9,13-14H,1,5-6,8,10-11H2,2-4H3,(H,18,19)/b9-7-/t13-,14-,17+/m0/s1. The highest BCUT2D eigenvalue weighted by Crippen LogP contribution is 2.61. The molecule has 0 bridgehead atoms. The summed E-state index contributed by atoms with van der Waals surface area (Å²) in [7, 11) is 0. The number of fused-ring (bicyclic) bond motifs is 1. The lowest BCUT2D eigenvalue weighted by Gasteiger charge is -2.57. The molecule has 0 radical (unpaired) electrons. The molecule has 2 saturated carbocycles. The van der Waals surface area contributed by atoms with Gasteiger partial charge in [-0.3, -0.25) is 0 Å². The zero-order valence-corrected chi connectivity index (χ0v) is 12.4. The second kappa shape index (κ2) is 4.81. The number of carbonyl (C=O) groups is 1. The molecule has 2 rings (SSSR count). The molecule has 0 aromatic rings. The van der Waals surface area contributed by atoms with Gasteiger partial charge in [-0.05, 0) is 42.4 Å². The molecule has 0 aromatic heterocycles. The van der Waals surface area contributed by atoms with Gasteiger partial charge in [0.15, 0.2) is 0 Å². The van der Waals surface area contributed by atoms with Gasteiger partial charge in [0.2, 0.25) is 0 Å². The smallest absolute Gasteiger partial charge is 0.327 e. The Kier molecular flexibility index (Phi) is 3.63. The maximum Gasteiger partial charge on any atom is 0.327 e. The molecule has 0 heterocycles. The number of hydrogen-bond acceptors (Lipinski definition) is 1. The minimum Gasteiger partial charge on any atom is -0.478 e. The van der Waals surface area contributed by atoms with E-state index in [4.69, 9.17) is 5.11 Å². The summed E-state index contributed by atoms with van der Waals surface area (Å²) >= 11 is 0. The van der Waals surface area contributed by atoms with Gasteiger partial charge in [0.25, 0.3) is 0 Å². The van der Waals surface area contributed by atoms with E-state index in [2.05, 4.69) is 27.4 Å². The Morgan fingerprint density at radius 2 is 2.05 bits per heavy atom. The van der Waals surface area contributed by atoms with Crippen LogP contribution in [0.4, 0.5) is 0 Å². The molecule has 2 aliphatic carbocycles. The van der Waals surface area contributed by atoms with Crippen LogP contribution in [0.2, 0.25) is 0 Å². The van der Waals surface area contributed by atoms with Crippen molar-refractivity contribution in [3.8, 4) is 0 Å². The van der Waals surface area contributed by atoms with Crippen molar-refractivity contribution in [1.82, 2.24) is 0 Å². The fourth-order valence-electron chi connectivity index (χ4n) is 4.74. The first kappa shape index (κ1) is 14.4. The Morgan fingerprint density at radius 3 is 2.68 bits per heavy atom. The topological polar surface area (TPSA) is 37.3 Å². The highest BCUT2D eigenvalue weighted by Gasteiger charge is 2.52. The lowest BCUT2D eigenvalue weighted by atomic mass is 9.47. The van der Waals surface area contributed by atoms with Crippen molar-refractivity contribution < 1.29 is 9.90 Å². The molecule has 0 aromatic carbocycles. The summed E-state index contributed by atoms with van der Waals surface area (Å²) in [5, 5.41) is 8.90. The monoisotopic (exact) mass is 262 g/mol. The van der Waals surface area contributed by atoms with Crippen molar-refractivity contribution >= 4 is 5.97 Å². The van der Waals surface area contributed by atoms with Crippen molar-refractivity contribution in [2.24, 2.45) is 22.7 Å². The zero-order chi connectivity index (χ0) is 14.3. The molecule has 0 spiro atoms. The number of aliphatic carboxylic acids is 1. The van der Waals surface area contributed by atoms with Gasteiger partial charge in [-0.2, -0.15) is 0 Å². The van der Waals surface area contributed by atoms with Gasteiger partial charge < -0.3 is 5.11 Å².